The monoisotopic (exact) mass is 480 g/mol. The van der Waals surface area contributed by atoms with E-state index in [1.165, 1.54) is 5.69 Å². The molecule has 0 amide bonds. The van der Waals surface area contributed by atoms with Gasteiger partial charge in [-0.2, -0.15) is 5.21 Å². The van der Waals surface area contributed by atoms with Crippen molar-refractivity contribution in [2.45, 2.75) is 70.4 Å². The van der Waals surface area contributed by atoms with E-state index in [4.69, 9.17) is 0 Å². The highest BCUT2D eigenvalue weighted by Gasteiger charge is 2.46. The number of H-pyrrole nitrogens is 1. The van der Waals surface area contributed by atoms with Crippen molar-refractivity contribution in [3.05, 3.63) is 87.9 Å². The van der Waals surface area contributed by atoms with Gasteiger partial charge in [-0.05, 0) is 61.4 Å². The number of hydrogen-bond acceptors (Lipinski definition) is 4. The second kappa shape index (κ2) is 8.43. The Morgan fingerprint density at radius 3 is 2.28 bits per heavy atom. The van der Waals surface area contributed by atoms with E-state index in [2.05, 4.69) is 93.2 Å². The van der Waals surface area contributed by atoms with Gasteiger partial charge in [-0.15, -0.1) is 10.2 Å². The molecular formula is C29H32N6O. The fourth-order valence-corrected chi connectivity index (χ4v) is 5.96. The molecule has 184 valence electrons. The molecule has 0 saturated heterocycles. The molecule has 7 heteroatoms. The summed E-state index contributed by atoms with van der Waals surface area (Å²) in [5.74, 6) is 0.577. The highest BCUT2D eigenvalue weighted by molar-refractivity contribution is 5.80. The van der Waals surface area contributed by atoms with E-state index >= 15 is 0 Å². The van der Waals surface area contributed by atoms with Crippen molar-refractivity contribution < 1.29 is 0 Å². The Morgan fingerprint density at radius 2 is 1.64 bits per heavy atom. The Kier molecular flexibility index (Phi) is 5.32. The topological polar surface area (TPSA) is 81.4 Å². The molecule has 1 aliphatic carbocycles. The lowest BCUT2D eigenvalue weighted by Crippen LogP contribution is -2.54. The maximum atomic E-state index is 13.9. The van der Waals surface area contributed by atoms with Crippen LogP contribution in [0, 0.1) is 0 Å². The zero-order chi connectivity index (χ0) is 24.9. The fraction of sp³-hybridized carbons (Fsp3) is 0.379. The van der Waals surface area contributed by atoms with Crippen LogP contribution in [0.25, 0.3) is 22.5 Å². The maximum absolute atomic E-state index is 13.9. The first-order chi connectivity index (χ1) is 17.4. The van der Waals surface area contributed by atoms with E-state index in [9.17, 15) is 4.79 Å². The quantitative estimate of drug-likeness (QED) is 0.368. The van der Waals surface area contributed by atoms with Crippen LogP contribution in [0.4, 0.5) is 0 Å². The van der Waals surface area contributed by atoms with Crippen LogP contribution in [-0.4, -0.2) is 30.0 Å². The number of aromatic amines is 1. The Balaban J connectivity index is 1.38. The highest BCUT2D eigenvalue weighted by atomic mass is 16.1. The Labute approximate surface area is 210 Å². The van der Waals surface area contributed by atoms with Gasteiger partial charge in [0.2, 0.25) is 5.82 Å². The lowest BCUT2D eigenvalue weighted by Gasteiger charge is -2.49. The van der Waals surface area contributed by atoms with Crippen LogP contribution in [0.5, 0.6) is 0 Å². The lowest BCUT2D eigenvalue weighted by molar-refractivity contribution is 0.111. The molecule has 2 aliphatic heterocycles. The number of tetrazole rings is 1. The SMILES string of the molecule is CCCCc1c(Cc2ccc(-c3ccccc3-c3nn[nH]n3)cc2)c(=O)n2n1C1(C)C=CC2(C)CC1. The van der Waals surface area contributed by atoms with Crippen LogP contribution in [0.1, 0.15) is 63.3 Å². The van der Waals surface area contributed by atoms with Crippen molar-refractivity contribution in [2.24, 2.45) is 0 Å². The summed E-state index contributed by atoms with van der Waals surface area (Å²) in [6, 6.07) is 16.6. The van der Waals surface area contributed by atoms with Crippen LogP contribution < -0.4 is 5.56 Å². The molecule has 1 N–H and O–H groups in total. The first-order valence-electron chi connectivity index (χ1n) is 12.9. The molecule has 4 heterocycles. The van der Waals surface area contributed by atoms with E-state index in [1.54, 1.807) is 0 Å². The fourth-order valence-electron chi connectivity index (χ4n) is 5.96. The minimum absolute atomic E-state index is 0.124. The van der Waals surface area contributed by atoms with E-state index in [-0.39, 0.29) is 16.6 Å². The standard InChI is InChI=1S/C29H32N6O/c1-4-5-10-25-24(27(36)35-29(3)17-15-28(2,16-18-29)34(25)35)19-20-11-13-21(14-12-20)22-8-6-7-9-23(22)26-30-32-33-31-26/h6-9,11-15,17H,4-5,10,16,18-19H2,1-3H3,(H,30,31,32,33). The minimum atomic E-state index is -0.239. The summed E-state index contributed by atoms with van der Waals surface area (Å²) >= 11 is 0. The first-order valence-corrected chi connectivity index (χ1v) is 12.9. The zero-order valence-electron chi connectivity index (χ0n) is 21.2. The van der Waals surface area contributed by atoms with E-state index in [0.29, 0.717) is 12.2 Å². The van der Waals surface area contributed by atoms with Crippen molar-refractivity contribution in [1.29, 1.82) is 0 Å². The Hall–Kier alpha value is -3.74. The van der Waals surface area contributed by atoms with Gasteiger partial charge in [0.05, 0.1) is 11.1 Å². The third kappa shape index (κ3) is 3.48. The summed E-state index contributed by atoms with van der Waals surface area (Å²) in [7, 11) is 0. The molecular weight excluding hydrogens is 448 g/mol. The van der Waals surface area contributed by atoms with Crippen LogP contribution in [0.3, 0.4) is 0 Å². The van der Waals surface area contributed by atoms with Crippen molar-refractivity contribution >= 4 is 0 Å². The molecule has 7 rings (SSSR count). The summed E-state index contributed by atoms with van der Waals surface area (Å²) in [5.41, 5.74) is 6.19. The predicted octanol–water partition coefficient (Wildman–Crippen LogP) is 5.22. The number of benzene rings is 2. The van der Waals surface area contributed by atoms with Crippen molar-refractivity contribution in [2.75, 3.05) is 0 Å². The van der Waals surface area contributed by atoms with Crippen molar-refractivity contribution in [3.63, 3.8) is 0 Å². The summed E-state index contributed by atoms with van der Waals surface area (Å²) < 4.78 is 4.41. The number of aromatic nitrogens is 6. The highest BCUT2D eigenvalue weighted by Crippen LogP contribution is 2.44. The third-order valence-electron chi connectivity index (χ3n) is 8.09. The number of fused-ring (bicyclic) bond motifs is 1. The smallest absolute Gasteiger partial charge is 0.271 e. The molecule has 2 bridgehead atoms. The molecule has 2 unspecified atom stereocenters. The normalized spacial score (nSPS) is 22.2. The van der Waals surface area contributed by atoms with Gasteiger partial charge in [0, 0.05) is 23.2 Å². The van der Waals surface area contributed by atoms with Gasteiger partial charge in [0.1, 0.15) is 0 Å². The van der Waals surface area contributed by atoms with Gasteiger partial charge >= 0.3 is 0 Å². The van der Waals surface area contributed by atoms with Crippen molar-refractivity contribution in [3.8, 4) is 22.5 Å². The summed E-state index contributed by atoms with van der Waals surface area (Å²) in [6.45, 7) is 6.68. The van der Waals surface area contributed by atoms with E-state index < -0.39 is 0 Å². The minimum Gasteiger partial charge on any atom is -0.276 e. The van der Waals surface area contributed by atoms with Gasteiger partial charge in [-0.3, -0.25) is 9.48 Å². The molecule has 0 radical (unpaired) electrons. The van der Waals surface area contributed by atoms with Crippen LogP contribution in [0.15, 0.2) is 65.5 Å². The zero-order valence-corrected chi connectivity index (χ0v) is 21.2. The Morgan fingerprint density at radius 1 is 0.944 bits per heavy atom. The molecule has 0 saturated carbocycles. The van der Waals surface area contributed by atoms with Gasteiger partial charge in [0.25, 0.3) is 5.56 Å². The van der Waals surface area contributed by atoms with Gasteiger partial charge in [-0.25, -0.2) is 4.68 Å². The average Bonchev–Trinajstić information content (AvgIpc) is 3.53. The largest absolute Gasteiger partial charge is 0.276 e. The van der Waals surface area contributed by atoms with Gasteiger partial charge in [0.15, 0.2) is 0 Å². The number of hydrogen-bond donors (Lipinski definition) is 1. The molecule has 2 atom stereocenters. The summed E-state index contributed by atoms with van der Waals surface area (Å²) in [4.78, 5) is 13.9. The molecule has 0 spiro atoms. The van der Waals surface area contributed by atoms with E-state index in [1.807, 2.05) is 18.2 Å². The number of allylic oxidation sites excluding steroid dienone is 2. The molecule has 4 aromatic rings. The lowest BCUT2D eigenvalue weighted by atomic mass is 9.78. The average molecular weight is 481 g/mol. The second-order valence-corrected chi connectivity index (χ2v) is 10.7. The van der Waals surface area contributed by atoms with Crippen LogP contribution >= 0.6 is 0 Å². The Bertz CT molecular complexity index is 1490. The van der Waals surface area contributed by atoms with Crippen LogP contribution in [0.2, 0.25) is 0 Å². The number of nitrogens with zero attached hydrogens (tertiary/aromatic N) is 5. The second-order valence-electron chi connectivity index (χ2n) is 10.7. The predicted molar refractivity (Wildman–Crippen MR) is 141 cm³/mol. The molecule has 0 fully saturated rings. The molecule has 2 aromatic heterocycles. The number of rotatable bonds is 7. The number of unbranched alkanes of at least 4 members (excludes halogenated alkanes) is 1. The van der Waals surface area contributed by atoms with Gasteiger partial charge < -0.3 is 0 Å². The maximum Gasteiger partial charge on any atom is 0.271 e. The van der Waals surface area contributed by atoms with Crippen LogP contribution in [-0.2, 0) is 23.9 Å². The molecule has 3 aliphatic rings. The summed E-state index contributed by atoms with van der Waals surface area (Å²) in [5, 5.41) is 14.6. The molecule has 7 nitrogen and oxygen atoms in total. The number of nitrogens with one attached hydrogen (secondary N) is 1. The van der Waals surface area contributed by atoms with Crippen molar-refractivity contribution in [1.82, 2.24) is 30.0 Å². The van der Waals surface area contributed by atoms with Gasteiger partial charge in [-0.1, -0.05) is 74.0 Å². The third-order valence-corrected chi connectivity index (χ3v) is 8.09. The van der Waals surface area contributed by atoms with E-state index in [0.717, 1.165) is 59.9 Å². The summed E-state index contributed by atoms with van der Waals surface area (Å²) in [6.07, 6.45) is 10.4. The molecule has 2 aromatic carbocycles. The molecule has 36 heavy (non-hydrogen) atoms. The first kappa shape index (κ1) is 22.7.